The first-order chi connectivity index (χ1) is 18.9. The fourth-order valence-corrected chi connectivity index (χ4v) is 4.73. The molecule has 4 heterocycles. The largest absolute Gasteiger partial charge is 0.374 e. The van der Waals surface area contributed by atoms with Gasteiger partial charge in [-0.2, -0.15) is 5.10 Å². The molecule has 1 atom stereocenters. The fraction of sp³-hybridized carbons (Fsp3) is 0.172. The van der Waals surface area contributed by atoms with Crippen LogP contribution in [-0.2, 0) is 0 Å². The smallest absolute Gasteiger partial charge is 0.161 e. The van der Waals surface area contributed by atoms with Gasteiger partial charge in [0.1, 0.15) is 23.4 Å². The van der Waals surface area contributed by atoms with Gasteiger partial charge in [-0.25, -0.2) is 13.8 Å². The molecule has 2 aromatic carbocycles. The van der Waals surface area contributed by atoms with E-state index in [0.717, 1.165) is 5.56 Å². The summed E-state index contributed by atoms with van der Waals surface area (Å²) >= 11 is 0. The van der Waals surface area contributed by atoms with Crippen molar-refractivity contribution in [3.05, 3.63) is 78.8 Å². The summed E-state index contributed by atoms with van der Waals surface area (Å²) in [5.74, 6) is -0.262. The average Bonchev–Trinajstić information content (AvgIpc) is 3.53. The summed E-state index contributed by atoms with van der Waals surface area (Å²) in [6.07, 6.45) is 4.40. The lowest BCUT2D eigenvalue weighted by Crippen LogP contribution is -2.20. The molecule has 10 heteroatoms. The number of anilines is 1. The molecule has 0 aliphatic rings. The quantitative estimate of drug-likeness (QED) is 0.182. The van der Waals surface area contributed by atoms with Crippen molar-refractivity contribution >= 4 is 27.6 Å². The van der Waals surface area contributed by atoms with Gasteiger partial charge in [-0.3, -0.25) is 15.1 Å². The van der Waals surface area contributed by atoms with Crippen LogP contribution in [0.4, 0.5) is 14.5 Å². The van der Waals surface area contributed by atoms with Crippen LogP contribution in [0.1, 0.15) is 20.3 Å². The monoisotopic (exact) mass is 525 g/mol. The first kappa shape index (κ1) is 24.6. The van der Waals surface area contributed by atoms with Gasteiger partial charge in [-0.15, -0.1) is 0 Å². The lowest BCUT2D eigenvalue weighted by atomic mass is 10.0. The van der Waals surface area contributed by atoms with Crippen molar-refractivity contribution in [3.8, 4) is 33.9 Å². The maximum atomic E-state index is 16.0. The van der Waals surface area contributed by atoms with Crippen LogP contribution in [0, 0.1) is 17.6 Å². The highest BCUT2D eigenvalue weighted by Crippen LogP contribution is 2.35. The minimum atomic E-state index is -0.756. The van der Waals surface area contributed by atoms with E-state index in [0.29, 0.717) is 57.2 Å². The second kappa shape index (κ2) is 9.88. The van der Waals surface area contributed by atoms with Gasteiger partial charge in [0.2, 0.25) is 0 Å². The van der Waals surface area contributed by atoms with Crippen LogP contribution < -0.4 is 5.32 Å². The summed E-state index contributed by atoms with van der Waals surface area (Å²) in [6.45, 7) is 4.03. The Bertz CT molecular complexity index is 1810. The number of halogens is 2. The molecule has 0 aliphatic carbocycles. The van der Waals surface area contributed by atoms with Crippen LogP contribution in [0.15, 0.2) is 67.1 Å². The maximum Gasteiger partial charge on any atom is 0.161 e. The molecule has 39 heavy (non-hydrogen) atoms. The van der Waals surface area contributed by atoms with Crippen molar-refractivity contribution in [2.45, 2.75) is 26.5 Å². The third-order valence-electron chi connectivity index (χ3n) is 6.46. The topological polar surface area (TPSA) is 115 Å². The Morgan fingerprint density at radius 1 is 0.949 bits per heavy atom. The predicted molar refractivity (Wildman–Crippen MR) is 147 cm³/mol. The van der Waals surface area contributed by atoms with E-state index in [4.69, 9.17) is 4.98 Å². The van der Waals surface area contributed by atoms with E-state index in [1.165, 1.54) is 24.5 Å². The van der Waals surface area contributed by atoms with Crippen LogP contribution in [0.2, 0.25) is 0 Å². The highest BCUT2D eigenvalue weighted by atomic mass is 19.1. The number of nitrogens with one attached hydrogen (secondary N) is 3. The van der Waals surface area contributed by atoms with E-state index in [1.54, 1.807) is 18.3 Å². The number of aliphatic hydroxyl groups excluding tert-OH is 1. The summed E-state index contributed by atoms with van der Waals surface area (Å²) in [4.78, 5) is 16.5. The van der Waals surface area contributed by atoms with Gasteiger partial charge in [0.15, 0.2) is 11.6 Å². The zero-order valence-corrected chi connectivity index (χ0v) is 21.2. The second-order valence-electron chi connectivity index (χ2n) is 9.83. The number of hydrogen-bond acceptors (Lipinski definition) is 6. The molecular weight excluding hydrogens is 500 g/mol. The van der Waals surface area contributed by atoms with Crippen LogP contribution in [0.25, 0.3) is 55.8 Å². The van der Waals surface area contributed by atoms with Gasteiger partial charge in [0.25, 0.3) is 0 Å². The fourth-order valence-electron chi connectivity index (χ4n) is 4.73. The molecule has 0 spiro atoms. The highest BCUT2D eigenvalue weighted by molar-refractivity contribution is 5.98. The second-order valence-corrected chi connectivity index (χ2v) is 9.83. The summed E-state index contributed by atoms with van der Waals surface area (Å²) in [7, 11) is 0. The van der Waals surface area contributed by atoms with Crippen LogP contribution in [-0.4, -0.2) is 41.5 Å². The number of H-pyrrole nitrogens is 2. The first-order valence-corrected chi connectivity index (χ1v) is 12.5. The van der Waals surface area contributed by atoms with Crippen LogP contribution in [0.3, 0.4) is 0 Å². The Morgan fingerprint density at radius 3 is 2.62 bits per heavy atom. The van der Waals surface area contributed by atoms with Gasteiger partial charge >= 0.3 is 0 Å². The number of aromatic nitrogens is 6. The molecule has 4 aromatic heterocycles. The number of aromatic amines is 2. The number of para-hydroxylation sites is 1. The molecule has 0 fully saturated rings. The number of rotatable bonds is 7. The summed E-state index contributed by atoms with van der Waals surface area (Å²) in [5, 5.41) is 20.7. The van der Waals surface area contributed by atoms with Crippen molar-refractivity contribution in [2.24, 2.45) is 5.92 Å². The lowest BCUT2D eigenvalue weighted by Gasteiger charge is -2.16. The third-order valence-corrected chi connectivity index (χ3v) is 6.46. The molecule has 0 bridgehead atoms. The molecule has 0 saturated heterocycles. The molecule has 0 aliphatic heterocycles. The van der Waals surface area contributed by atoms with Crippen molar-refractivity contribution < 1.29 is 13.9 Å². The van der Waals surface area contributed by atoms with Gasteiger partial charge in [0, 0.05) is 17.3 Å². The molecule has 8 nitrogen and oxygen atoms in total. The Labute approximate surface area is 222 Å². The maximum absolute atomic E-state index is 16.0. The molecular formula is C29H25F2N7O. The Balaban J connectivity index is 1.42. The van der Waals surface area contributed by atoms with Crippen molar-refractivity contribution in [1.82, 2.24) is 30.1 Å². The molecule has 0 saturated carbocycles. The summed E-state index contributed by atoms with van der Waals surface area (Å²) < 4.78 is 29.9. The van der Waals surface area contributed by atoms with E-state index in [1.807, 2.05) is 38.1 Å². The van der Waals surface area contributed by atoms with Crippen LogP contribution >= 0.6 is 0 Å². The van der Waals surface area contributed by atoms with E-state index in [9.17, 15) is 9.50 Å². The zero-order chi connectivity index (χ0) is 27.1. The molecule has 4 N–H and O–H groups in total. The lowest BCUT2D eigenvalue weighted by molar-refractivity contribution is 0.176. The predicted octanol–water partition coefficient (Wildman–Crippen LogP) is 6.28. The average molecular weight is 526 g/mol. The summed E-state index contributed by atoms with van der Waals surface area (Å²) in [6, 6.07) is 13.5. The van der Waals surface area contributed by atoms with Gasteiger partial charge < -0.3 is 15.4 Å². The first-order valence-electron chi connectivity index (χ1n) is 12.5. The van der Waals surface area contributed by atoms with E-state index < -0.39 is 12.0 Å². The van der Waals surface area contributed by atoms with E-state index in [2.05, 4.69) is 30.5 Å². The molecule has 6 rings (SSSR count). The molecule has 0 amide bonds. The van der Waals surface area contributed by atoms with Gasteiger partial charge in [0.05, 0.1) is 40.0 Å². The van der Waals surface area contributed by atoms with Crippen LogP contribution in [0.5, 0.6) is 0 Å². The SMILES string of the molecule is CC(C)CC(O)Nc1cncc(-c2ncc3[nH]nc(-c4nc5c(-c6cccc(F)c6)cccc5[nH]4)c3c2F)c1. The number of fused-ring (bicyclic) bond motifs is 2. The van der Waals surface area contributed by atoms with Gasteiger partial charge in [-0.1, -0.05) is 38.1 Å². The Kier molecular flexibility index (Phi) is 6.24. The minimum Gasteiger partial charge on any atom is -0.374 e. The molecule has 1 unspecified atom stereocenters. The number of hydrogen-bond donors (Lipinski definition) is 4. The van der Waals surface area contributed by atoms with E-state index in [-0.39, 0.29) is 16.9 Å². The number of nitrogens with zero attached hydrogens (tertiary/aromatic N) is 4. The summed E-state index contributed by atoms with van der Waals surface area (Å²) in [5.41, 5.74) is 4.55. The number of pyridine rings is 2. The van der Waals surface area contributed by atoms with Gasteiger partial charge in [-0.05, 0) is 42.2 Å². The standard InChI is InChI=1S/C29H25F2N7O/c1-15(2)9-23(39)34-19-11-17(12-32-13-19)26-25(31)24-22(14-33-26)37-38-28(24)29-35-21-8-4-7-20(27(21)36-29)16-5-3-6-18(30)10-16/h3-8,10-15,23,34,39H,9H2,1-2H3,(H,35,36)(H,37,38). The Morgan fingerprint density at radius 2 is 1.79 bits per heavy atom. The minimum absolute atomic E-state index is 0.0937. The van der Waals surface area contributed by atoms with E-state index >= 15 is 4.39 Å². The highest BCUT2D eigenvalue weighted by Gasteiger charge is 2.21. The molecule has 6 aromatic rings. The number of imidazole rings is 1. The number of aliphatic hydroxyl groups is 1. The zero-order valence-electron chi connectivity index (χ0n) is 21.2. The Hall–Kier alpha value is -4.70. The van der Waals surface area contributed by atoms with Crippen molar-refractivity contribution in [2.75, 3.05) is 5.32 Å². The van der Waals surface area contributed by atoms with Crippen molar-refractivity contribution in [1.29, 1.82) is 0 Å². The normalized spacial score (nSPS) is 12.5. The third kappa shape index (κ3) is 4.70. The molecule has 0 radical (unpaired) electrons. The number of benzene rings is 2. The molecule has 196 valence electrons. The van der Waals surface area contributed by atoms with Crippen molar-refractivity contribution in [3.63, 3.8) is 0 Å².